The van der Waals surface area contributed by atoms with E-state index in [0.29, 0.717) is 18.6 Å². The molecular weight excluding hydrogens is 264 g/mol. The van der Waals surface area contributed by atoms with Crippen LogP contribution in [-0.4, -0.2) is 24.2 Å². The van der Waals surface area contributed by atoms with E-state index in [1.165, 1.54) is 19.3 Å². The third-order valence-electron chi connectivity index (χ3n) is 3.59. The van der Waals surface area contributed by atoms with Crippen molar-refractivity contribution in [1.29, 1.82) is 0 Å². The van der Waals surface area contributed by atoms with Crippen LogP contribution in [0.15, 0.2) is 12.1 Å². The average Bonchev–Trinajstić information content (AvgIpc) is 2.64. The molecule has 4 nitrogen and oxygen atoms in total. The van der Waals surface area contributed by atoms with Crippen LogP contribution in [0, 0.1) is 0 Å². The van der Waals surface area contributed by atoms with E-state index in [0.717, 1.165) is 37.4 Å². The van der Waals surface area contributed by atoms with Gasteiger partial charge in [-0.1, -0.05) is 6.42 Å². The summed E-state index contributed by atoms with van der Waals surface area (Å²) in [6.07, 6.45) is 6.54. The van der Waals surface area contributed by atoms with Crippen molar-refractivity contribution in [2.45, 2.75) is 44.8 Å². The molecule has 2 aliphatic rings. The maximum Gasteiger partial charge on any atom is 0.221 e. The van der Waals surface area contributed by atoms with Crippen LogP contribution in [0.4, 0.5) is 0 Å². The van der Waals surface area contributed by atoms with Gasteiger partial charge < -0.3 is 14.8 Å². The number of ether oxygens (including phenoxy) is 2. The lowest BCUT2D eigenvalue weighted by molar-refractivity contribution is 0.147. The molecule has 0 radical (unpaired) electrons. The first kappa shape index (κ1) is 14.4. The lowest BCUT2D eigenvalue weighted by atomic mass is 9.98. The molecule has 106 valence electrons. The molecule has 0 amide bonds. The van der Waals surface area contributed by atoms with Crippen molar-refractivity contribution in [3.8, 4) is 11.8 Å². The first-order valence-electron chi connectivity index (χ1n) is 6.92. The van der Waals surface area contributed by atoms with Gasteiger partial charge in [-0.05, 0) is 31.7 Å². The Hall–Kier alpha value is -1.00. The molecule has 0 atom stereocenters. The molecule has 1 aromatic heterocycles. The van der Waals surface area contributed by atoms with Gasteiger partial charge in [0.2, 0.25) is 11.8 Å². The quantitative estimate of drug-likeness (QED) is 0.907. The largest absolute Gasteiger partial charge is 0.476 e. The number of fused-ring (bicyclic) bond motifs is 1. The SMILES string of the molecule is Cl.c1cc2c(nc1OC1CCCCC1)OCCNC2. The number of rotatable bonds is 2. The van der Waals surface area contributed by atoms with Crippen molar-refractivity contribution in [3.63, 3.8) is 0 Å². The number of nitrogens with zero attached hydrogens (tertiary/aromatic N) is 1. The molecule has 0 bridgehead atoms. The van der Waals surface area contributed by atoms with Crippen molar-refractivity contribution >= 4 is 12.4 Å². The summed E-state index contributed by atoms with van der Waals surface area (Å²) in [7, 11) is 0. The normalized spacial score (nSPS) is 19.6. The summed E-state index contributed by atoms with van der Waals surface area (Å²) >= 11 is 0. The number of halogens is 1. The summed E-state index contributed by atoms with van der Waals surface area (Å²) in [6.45, 7) is 2.37. The van der Waals surface area contributed by atoms with Crippen LogP contribution >= 0.6 is 12.4 Å². The van der Waals surface area contributed by atoms with Gasteiger partial charge >= 0.3 is 0 Å². The van der Waals surface area contributed by atoms with Gasteiger partial charge in [0, 0.05) is 24.7 Å². The smallest absolute Gasteiger partial charge is 0.221 e. The zero-order valence-corrected chi connectivity index (χ0v) is 11.9. The molecule has 1 fully saturated rings. The van der Waals surface area contributed by atoms with Gasteiger partial charge in [0.05, 0.1) is 0 Å². The molecule has 2 heterocycles. The van der Waals surface area contributed by atoms with Crippen LogP contribution in [-0.2, 0) is 6.54 Å². The topological polar surface area (TPSA) is 43.4 Å². The monoisotopic (exact) mass is 284 g/mol. The molecule has 5 heteroatoms. The van der Waals surface area contributed by atoms with E-state index in [2.05, 4.69) is 16.4 Å². The van der Waals surface area contributed by atoms with Crippen molar-refractivity contribution in [2.24, 2.45) is 0 Å². The van der Waals surface area contributed by atoms with E-state index in [9.17, 15) is 0 Å². The lowest BCUT2D eigenvalue weighted by Crippen LogP contribution is -2.20. The van der Waals surface area contributed by atoms with Crippen molar-refractivity contribution in [3.05, 3.63) is 17.7 Å². The molecule has 0 unspecified atom stereocenters. The van der Waals surface area contributed by atoms with Gasteiger partial charge in [-0.3, -0.25) is 0 Å². The van der Waals surface area contributed by atoms with Gasteiger partial charge in [-0.2, -0.15) is 4.98 Å². The molecule has 1 aromatic rings. The fourth-order valence-corrected chi connectivity index (χ4v) is 2.57. The Kier molecular flexibility index (Phi) is 5.28. The molecule has 19 heavy (non-hydrogen) atoms. The number of nitrogens with one attached hydrogen (secondary N) is 1. The Bertz CT molecular complexity index is 408. The number of hydrogen-bond donors (Lipinski definition) is 1. The summed E-state index contributed by atoms with van der Waals surface area (Å²) in [6, 6.07) is 4.02. The maximum atomic E-state index is 5.95. The highest BCUT2D eigenvalue weighted by Gasteiger charge is 2.17. The van der Waals surface area contributed by atoms with E-state index in [4.69, 9.17) is 9.47 Å². The van der Waals surface area contributed by atoms with E-state index < -0.39 is 0 Å². The zero-order valence-electron chi connectivity index (χ0n) is 11.1. The van der Waals surface area contributed by atoms with Gasteiger partial charge in [-0.25, -0.2) is 0 Å². The second kappa shape index (κ2) is 6.96. The molecule has 1 saturated carbocycles. The summed E-state index contributed by atoms with van der Waals surface area (Å²) in [4.78, 5) is 4.48. The van der Waals surface area contributed by atoms with Crippen LogP contribution in [0.5, 0.6) is 11.8 Å². The van der Waals surface area contributed by atoms with Gasteiger partial charge in [-0.15, -0.1) is 12.4 Å². The van der Waals surface area contributed by atoms with E-state index in [-0.39, 0.29) is 12.4 Å². The fourth-order valence-electron chi connectivity index (χ4n) is 2.57. The van der Waals surface area contributed by atoms with Crippen LogP contribution < -0.4 is 14.8 Å². The Balaban J connectivity index is 0.00000133. The summed E-state index contributed by atoms with van der Waals surface area (Å²) in [5.74, 6) is 1.44. The second-order valence-corrected chi connectivity index (χ2v) is 5.02. The number of aromatic nitrogens is 1. The number of hydrogen-bond acceptors (Lipinski definition) is 4. The first-order valence-corrected chi connectivity index (χ1v) is 6.92. The Morgan fingerprint density at radius 2 is 2.05 bits per heavy atom. The minimum atomic E-state index is 0. The fraction of sp³-hybridized carbons (Fsp3) is 0.643. The molecular formula is C14H21ClN2O2. The average molecular weight is 285 g/mol. The van der Waals surface area contributed by atoms with Crippen LogP contribution in [0.1, 0.15) is 37.7 Å². The molecule has 3 rings (SSSR count). The zero-order chi connectivity index (χ0) is 12.2. The van der Waals surface area contributed by atoms with Crippen molar-refractivity contribution in [1.82, 2.24) is 10.3 Å². The Labute approximate surface area is 120 Å². The third-order valence-corrected chi connectivity index (χ3v) is 3.59. The van der Waals surface area contributed by atoms with E-state index >= 15 is 0 Å². The summed E-state index contributed by atoms with van der Waals surface area (Å²) < 4.78 is 11.6. The van der Waals surface area contributed by atoms with Gasteiger partial charge in [0.15, 0.2) is 0 Å². The van der Waals surface area contributed by atoms with E-state index in [1.807, 2.05) is 6.07 Å². The lowest BCUT2D eigenvalue weighted by Gasteiger charge is -2.22. The molecule has 0 aromatic carbocycles. The first-order chi connectivity index (χ1) is 8.92. The van der Waals surface area contributed by atoms with Crippen LogP contribution in [0.25, 0.3) is 0 Å². The standard InChI is InChI=1S/C14H20N2O2.ClH/c1-2-4-12(5-3-1)18-13-7-6-11-10-15-8-9-17-14(11)16-13;/h6-7,12,15H,1-5,8-10H2;1H. The highest BCUT2D eigenvalue weighted by Crippen LogP contribution is 2.25. The van der Waals surface area contributed by atoms with Crippen molar-refractivity contribution < 1.29 is 9.47 Å². The molecule has 0 saturated heterocycles. The highest BCUT2D eigenvalue weighted by molar-refractivity contribution is 5.85. The third kappa shape index (κ3) is 3.74. The second-order valence-electron chi connectivity index (χ2n) is 5.02. The Morgan fingerprint density at radius 1 is 1.21 bits per heavy atom. The van der Waals surface area contributed by atoms with Crippen LogP contribution in [0.2, 0.25) is 0 Å². The van der Waals surface area contributed by atoms with Gasteiger partial charge in [0.1, 0.15) is 12.7 Å². The minimum Gasteiger partial charge on any atom is -0.476 e. The predicted molar refractivity (Wildman–Crippen MR) is 76.2 cm³/mol. The maximum absolute atomic E-state index is 5.95. The van der Waals surface area contributed by atoms with Crippen LogP contribution in [0.3, 0.4) is 0 Å². The highest BCUT2D eigenvalue weighted by atomic mass is 35.5. The van der Waals surface area contributed by atoms with E-state index in [1.54, 1.807) is 0 Å². The molecule has 0 spiro atoms. The van der Waals surface area contributed by atoms with Crippen molar-refractivity contribution in [2.75, 3.05) is 13.2 Å². The molecule has 1 N–H and O–H groups in total. The van der Waals surface area contributed by atoms with Gasteiger partial charge in [0.25, 0.3) is 0 Å². The predicted octanol–water partition coefficient (Wildman–Crippen LogP) is 2.70. The Morgan fingerprint density at radius 3 is 2.89 bits per heavy atom. The molecule has 1 aliphatic heterocycles. The molecule has 1 aliphatic carbocycles. The summed E-state index contributed by atoms with van der Waals surface area (Å²) in [5.41, 5.74) is 1.11. The number of pyridine rings is 1. The summed E-state index contributed by atoms with van der Waals surface area (Å²) in [5, 5.41) is 3.30. The minimum absolute atomic E-state index is 0.